The lowest BCUT2D eigenvalue weighted by molar-refractivity contribution is -0.126. The number of carbonyl (C=O) groups is 2. The lowest BCUT2D eigenvalue weighted by Gasteiger charge is -2.31. The van der Waals surface area contributed by atoms with Crippen LogP contribution in [0.25, 0.3) is 10.4 Å². The summed E-state index contributed by atoms with van der Waals surface area (Å²) >= 11 is 0. The Morgan fingerprint density at radius 2 is 2.19 bits per heavy atom. The first kappa shape index (κ1) is 10.9. The van der Waals surface area contributed by atoms with Crippen LogP contribution in [-0.4, -0.2) is 42.9 Å². The zero-order valence-corrected chi connectivity index (χ0v) is 8.80. The number of nitrogens with zero attached hydrogens (tertiary/aromatic N) is 4. The van der Waals surface area contributed by atoms with Crippen molar-refractivity contribution in [3.05, 3.63) is 10.4 Å². The molecule has 7 nitrogen and oxygen atoms in total. The number of fused-ring (bicyclic) bond motifs is 1. The van der Waals surface area contributed by atoms with Gasteiger partial charge in [-0.1, -0.05) is 5.11 Å². The predicted octanol–water partition coefficient (Wildman–Crippen LogP) is -0.109. The van der Waals surface area contributed by atoms with Crippen LogP contribution in [0.3, 0.4) is 0 Å². The lowest BCUT2D eigenvalue weighted by Crippen LogP contribution is -2.42. The van der Waals surface area contributed by atoms with Gasteiger partial charge in [-0.2, -0.15) is 0 Å². The molecule has 0 aromatic heterocycles. The maximum Gasteiger partial charge on any atom is 0.231 e. The van der Waals surface area contributed by atoms with Crippen molar-refractivity contribution < 1.29 is 9.59 Å². The average Bonchev–Trinajstić information content (AvgIpc) is 2.55. The first-order valence-electron chi connectivity index (χ1n) is 5.30. The van der Waals surface area contributed by atoms with Crippen molar-refractivity contribution in [2.24, 2.45) is 17.0 Å². The highest BCUT2D eigenvalue weighted by Gasteiger charge is 2.44. The van der Waals surface area contributed by atoms with Crippen LogP contribution in [0.1, 0.15) is 6.42 Å². The molecule has 2 rings (SSSR count). The number of nitrogens with one attached hydrogen (secondary N) is 1. The van der Waals surface area contributed by atoms with E-state index >= 15 is 0 Å². The monoisotopic (exact) mass is 223 g/mol. The molecule has 86 valence electrons. The fraction of sp³-hybridized carbons (Fsp3) is 0.778. The molecule has 2 heterocycles. The first-order valence-corrected chi connectivity index (χ1v) is 5.30. The fourth-order valence-corrected chi connectivity index (χ4v) is 2.34. The largest absolute Gasteiger partial charge is 0.302 e. The van der Waals surface area contributed by atoms with Crippen LogP contribution in [0.15, 0.2) is 5.11 Å². The Bertz CT molecular complexity index is 363. The fourth-order valence-electron chi connectivity index (χ4n) is 2.34. The number of imide groups is 1. The van der Waals surface area contributed by atoms with Crippen molar-refractivity contribution in [2.45, 2.75) is 6.42 Å². The summed E-state index contributed by atoms with van der Waals surface area (Å²) in [6.07, 6.45) is 0.707. The summed E-state index contributed by atoms with van der Waals surface area (Å²) in [6.45, 7) is 2.42. The summed E-state index contributed by atoms with van der Waals surface area (Å²) in [4.78, 5) is 27.6. The second kappa shape index (κ2) is 4.51. The third-order valence-corrected chi connectivity index (χ3v) is 3.20. The maximum absolute atomic E-state index is 11.5. The Morgan fingerprint density at radius 1 is 1.44 bits per heavy atom. The minimum absolute atomic E-state index is 0.135. The lowest BCUT2D eigenvalue weighted by atomic mass is 9.88. The molecule has 2 saturated heterocycles. The van der Waals surface area contributed by atoms with Gasteiger partial charge in [0.2, 0.25) is 11.8 Å². The number of hydrogen-bond donors (Lipinski definition) is 1. The third kappa shape index (κ3) is 2.00. The Kier molecular flexibility index (Phi) is 3.07. The third-order valence-electron chi connectivity index (χ3n) is 3.20. The maximum atomic E-state index is 11.5. The van der Waals surface area contributed by atoms with E-state index in [1.165, 1.54) is 0 Å². The second-order valence-corrected chi connectivity index (χ2v) is 4.11. The highest BCUT2D eigenvalue weighted by atomic mass is 16.2. The normalized spacial score (nSPS) is 29.5. The van der Waals surface area contributed by atoms with Crippen molar-refractivity contribution in [1.29, 1.82) is 0 Å². The van der Waals surface area contributed by atoms with Gasteiger partial charge >= 0.3 is 0 Å². The predicted molar refractivity (Wildman–Crippen MR) is 55.2 cm³/mol. The molecule has 0 aromatic rings. The van der Waals surface area contributed by atoms with E-state index in [1.807, 2.05) is 0 Å². The molecule has 1 N–H and O–H groups in total. The Hall–Kier alpha value is -1.59. The molecule has 2 amide bonds. The number of carbonyl (C=O) groups excluding carboxylic acids is 2. The molecule has 0 spiro atoms. The van der Waals surface area contributed by atoms with E-state index in [4.69, 9.17) is 5.53 Å². The van der Waals surface area contributed by atoms with Crippen molar-refractivity contribution in [3.63, 3.8) is 0 Å². The van der Waals surface area contributed by atoms with Crippen molar-refractivity contribution in [1.82, 2.24) is 10.2 Å². The van der Waals surface area contributed by atoms with E-state index in [2.05, 4.69) is 20.2 Å². The van der Waals surface area contributed by atoms with E-state index in [9.17, 15) is 9.59 Å². The Morgan fingerprint density at radius 3 is 2.94 bits per heavy atom. The first-order chi connectivity index (χ1) is 7.72. The number of piperidine rings is 1. The zero-order chi connectivity index (χ0) is 11.5. The molecular weight excluding hydrogens is 210 g/mol. The minimum Gasteiger partial charge on any atom is -0.302 e. The second-order valence-electron chi connectivity index (χ2n) is 4.11. The van der Waals surface area contributed by atoms with Crippen molar-refractivity contribution in [2.75, 3.05) is 26.2 Å². The van der Waals surface area contributed by atoms with Crippen LogP contribution in [-0.2, 0) is 9.59 Å². The van der Waals surface area contributed by atoms with Gasteiger partial charge in [0, 0.05) is 24.5 Å². The van der Waals surface area contributed by atoms with Gasteiger partial charge in [0.15, 0.2) is 0 Å². The topological polar surface area (TPSA) is 98.2 Å². The van der Waals surface area contributed by atoms with Gasteiger partial charge in [-0.25, -0.2) is 0 Å². The zero-order valence-electron chi connectivity index (χ0n) is 8.80. The van der Waals surface area contributed by atoms with Gasteiger partial charge < -0.3 is 4.90 Å². The standard InChI is InChI=1S/C9H13N5O2/c10-13-11-2-4-14-3-1-6-7(5-14)9(16)12-8(6)15/h6-7H,1-5H2,(H,12,15,16)/t6-,7+/m0/s1. The van der Waals surface area contributed by atoms with E-state index in [0.29, 0.717) is 26.1 Å². The van der Waals surface area contributed by atoms with Gasteiger partial charge in [-0.15, -0.1) is 0 Å². The van der Waals surface area contributed by atoms with Crippen molar-refractivity contribution >= 4 is 11.8 Å². The number of hydrogen-bond acceptors (Lipinski definition) is 4. The van der Waals surface area contributed by atoms with Crippen molar-refractivity contribution in [3.8, 4) is 0 Å². The Labute approximate surface area is 92.4 Å². The highest BCUT2D eigenvalue weighted by molar-refractivity contribution is 6.05. The molecule has 0 radical (unpaired) electrons. The summed E-state index contributed by atoms with van der Waals surface area (Å²) in [6, 6.07) is 0. The smallest absolute Gasteiger partial charge is 0.231 e. The Balaban J connectivity index is 1.92. The van der Waals surface area contributed by atoms with Crippen LogP contribution in [0.4, 0.5) is 0 Å². The van der Waals surface area contributed by atoms with E-state index in [1.54, 1.807) is 0 Å². The van der Waals surface area contributed by atoms with Gasteiger partial charge in [-0.3, -0.25) is 14.9 Å². The number of likely N-dealkylation sites (tertiary alicyclic amines) is 1. The average molecular weight is 223 g/mol. The quantitative estimate of drug-likeness (QED) is 0.313. The van der Waals surface area contributed by atoms with Gasteiger partial charge in [0.05, 0.1) is 11.8 Å². The molecule has 0 aromatic carbocycles. The molecule has 7 heteroatoms. The van der Waals surface area contributed by atoms with Crippen LogP contribution < -0.4 is 5.32 Å². The molecule has 0 bridgehead atoms. The number of amides is 2. The molecule has 2 fully saturated rings. The minimum atomic E-state index is -0.215. The van der Waals surface area contributed by atoms with E-state index in [0.717, 1.165) is 6.54 Å². The van der Waals surface area contributed by atoms with Gasteiger partial charge in [-0.05, 0) is 18.5 Å². The van der Waals surface area contributed by atoms with E-state index in [-0.39, 0.29) is 23.7 Å². The summed E-state index contributed by atoms with van der Waals surface area (Å²) in [7, 11) is 0. The van der Waals surface area contributed by atoms with Gasteiger partial charge in [0.1, 0.15) is 0 Å². The van der Waals surface area contributed by atoms with E-state index < -0.39 is 0 Å². The SMILES string of the molecule is [N-]=[N+]=NCCN1CC[C@@H]2C(=O)NC(=O)[C@@H]2C1. The summed E-state index contributed by atoms with van der Waals surface area (Å²) < 4.78 is 0. The molecule has 0 unspecified atom stereocenters. The molecule has 0 saturated carbocycles. The number of rotatable bonds is 3. The van der Waals surface area contributed by atoms with Gasteiger partial charge in [0.25, 0.3) is 0 Å². The summed E-state index contributed by atoms with van der Waals surface area (Å²) in [5.41, 5.74) is 8.15. The molecule has 2 aliphatic rings. The number of azide groups is 1. The molecular formula is C9H13N5O2. The molecule has 2 atom stereocenters. The molecule has 0 aliphatic carbocycles. The molecule has 2 aliphatic heterocycles. The summed E-state index contributed by atoms with van der Waals surface area (Å²) in [5.74, 6) is -0.663. The van der Waals surface area contributed by atoms with Crippen LogP contribution in [0.2, 0.25) is 0 Å². The van der Waals surface area contributed by atoms with Crippen LogP contribution in [0.5, 0.6) is 0 Å². The summed E-state index contributed by atoms with van der Waals surface area (Å²) in [5, 5.41) is 5.82. The highest BCUT2D eigenvalue weighted by Crippen LogP contribution is 2.28. The van der Waals surface area contributed by atoms with Crippen LogP contribution in [0, 0.1) is 11.8 Å². The van der Waals surface area contributed by atoms with Crippen LogP contribution >= 0.6 is 0 Å². The molecule has 16 heavy (non-hydrogen) atoms.